The van der Waals surface area contributed by atoms with Crippen molar-refractivity contribution in [3.05, 3.63) is 59.2 Å². The van der Waals surface area contributed by atoms with E-state index in [0.717, 1.165) is 19.6 Å². The summed E-state index contributed by atoms with van der Waals surface area (Å²) in [6.07, 6.45) is 0. The van der Waals surface area contributed by atoms with Crippen molar-refractivity contribution in [3.8, 4) is 0 Å². The first-order chi connectivity index (χ1) is 10.2. The predicted molar refractivity (Wildman–Crippen MR) is 92.4 cm³/mol. The van der Waals surface area contributed by atoms with Gasteiger partial charge in [0.2, 0.25) is 0 Å². The molecule has 0 aliphatic rings. The minimum atomic E-state index is 0.913. The van der Waals surface area contributed by atoms with Crippen LogP contribution in [0.1, 0.15) is 30.5 Å². The van der Waals surface area contributed by atoms with E-state index < -0.39 is 0 Å². The van der Waals surface area contributed by atoms with Crippen molar-refractivity contribution in [2.45, 2.75) is 34.2 Å². The Hall–Kier alpha value is -1.80. The van der Waals surface area contributed by atoms with Crippen LogP contribution in [-0.2, 0) is 6.54 Å². The Labute approximate surface area is 128 Å². The van der Waals surface area contributed by atoms with Crippen LogP contribution >= 0.6 is 0 Å². The molecule has 0 saturated carbocycles. The molecular formula is C19H26N2. The Morgan fingerprint density at radius 3 is 2.38 bits per heavy atom. The Kier molecular flexibility index (Phi) is 5.40. The van der Waals surface area contributed by atoms with E-state index in [0.29, 0.717) is 0 Å². The molecule has 2 heteroatoms. The van der Waals surface area contributed by atoms with Gasteiger partial charge in [0.15, 0.2) is 0 Å². The fraction of sp³-hybridized carbons (Fsp3) is 0.368. The van der Waals surface area contributed by atoms with Gasteiger partial charge >= 0.3 is 0 Å². The molecule has 2 aromatic rings. The molecule has 0 aliphatic carbocycles. The molecule has 0 saturated heterocycles. The van der Waals surface area contributed by atoms with Crippen LogP contribution in [0.2, 0.25) is 0 Å². The first-order valence-electron chi connectivity index (χ1n) is 7.80. The molecule has 0 aliphatic heterocycles. The average Bonchev–Trinajstić information content (AvgIpc) is 2.48. The summed E-state index contributed by atoms with van der Waals surface area (Å²) in [5.41, 5.74) is 6.53. The fourth-order valence-corrected chi connectivity index (χ4v) is 2.67. The van der Waals surface area contributed by atoms with E-state index in [4.69, 9.17) is 0 Å². The maximum Gasteiger partial charge on any atom is 0.0456 e. The third-order valence-electron chi connectivity index (χ3n) is 3.72. The molecular weight excluding hydrogens is 256 g/mol. The smallest absolute Gasteiger partial charge is 0.0456 e. The second kappa shape index (κ2) is 7.28. The molecule has 0 fully saturated rings. The molecule has 0 radical (unpaired) electrons. The average molecular weight is 282 g/mol. The molecule has 2 rings (SSSR count). The number of anilines is 2. The van der Waals surface area contributed by atoms with Crippen molar-refractivity contribution >= 4 is 11.4 Å². The molecule has 0 bridgehead atoms. The van der Waals surface area contributed by atoms with Crippen LogP contribution in [0.25, 0.3) is 0 Å². The van der Waals surface area contributed by atoms with E-state index in [1.165, 1.54) is 28.1 Å². The fourth-order valence-electron chi connectivity index (χ4n) is 2.67. The van der Waals surface area contributed by atoms with Crippen molar-refractivity contribution in [2.75, 3.05) is 18.0 Å². The van der Waals surface area contributed by atoms with E-state index >= 15 is 0 Å². The van der Waals surface area contributed by atoms with Crippen LogP contribution in [0, 0.1) is 13.8 Å². The third-order valence-corrected chi connectivity index (χ3v) is 3.72. The summed E-state index contributed by atoms with van der Waals surface area (Å²) in [4.78, 5) is 2.39. The molecule has 2 aromatic carbocycles. The van der Waals surface area contributed by atoms with Crippen LogP contribution in [0.15, 0.2) is 42.5 Å². The van der Waals surface area contributed by atoms with Gasteiger partial charge in [0.05, 0.1) is 0 Å². The van der Waals surface area contributed by atoms with Crippen LogP contribution in [-0.4, -0.2) is 13.1 Å². The third kappa shape index (κ3) is 3.85. The SMILES string of the molecule is CCNCc1cc(C)ccc1N(CC)c1cccc(C)c1. The molecule has 0 atom stereocenters. The number of hydrogen-bond donors (Lipinski definition) is 1. The summed E-state index contributed by atoms with van der Waals surface area (Å²) in [7, 11) is 0. The second-order valence-corrected chi connectivity index (χ2v) is 5.50. The molecule has 21 heavy (non-hydrogen) atoms. The Morgan fingerprint density at radius 1 is 0.952 bits per heavy atom. The van der Waals surface area contributed by atoms with Gasteiger partial charge in [0.1, 0.15) is 0 Å². The van der Waals surface area contributed by atoms with E-state index in [1.54, 1.807) is 0 Å². The van der Waals surface area contributed by atoms with Gasteiger partial charge in [0, 0.05) is 24.5 Å². The van der Waals surface area contributed by atoms with Gasteiger partial charge in [-0.2, -0.15) is 0 Å². The van der Waals surface area contributed by atoms with Crippen molar-refractivity contribution in [3.63, 3.8) is 0 Å². The standard InChI is InChI=1S/C19H26N2/c1-5-20-14-17-12-16(4)10-11-19(17)21(6-2)18-9-7-8-15(3)13-18/h7-13,20H,5-6,14H2,1-4H3. The first kappa shape index (κ1) is 15.6. The van der Waals surface area contributed by atoms with E-state index in [9.17, 15) is 0 Å². The predicted octanol–water partition coefficient (Wildman–Crippen LogP) is 4.57. The summed E-state index contributed by atoms with van der Waals surface area (Å²) >= 11 is 0. The number of nitrogens with one attached hydrogen (secondary N) is 1. The maximum atomic E-state index is 3.45. The Balaban J connectivity index is 2.41. The van der Waals surface area contributed by atoms with E-state index in [1.807, 2.05) is 0 Å². The van der Waals surface area contributed by atoms with Crippen LogP contribution in [0.4, 0.5) is 11.4 Å². The van der Waals surface area contributed by atoms with Crippen molar-refractivity contribution in [1.29, 1.82) is 0 Å². The topological polar surface area (TPSA) is 15.3 Å². The summed E-state index contributed by atoms with van der Waals surface area (Å²) < 4.78 is 0. The lowest BCUT2D eigenvalue weighted by molar-refractivity contribution is 0.725. The van der Waals surface area contributed by atoms with Crippen molar-refractivity contribution in [1.82, 2.24) is 5.32 Å². The van der Waals surface area contributed by atoms with Gasteiger partial charge in [-0.3, -0.25) is 0 Å². The van der Waals surface area contributed by atoms with Gasteiger partial charge in [-0.25, -0.2) is 0 Å². The minimum Gasteiger partial charge on any atom is -0.341 e. The maximum absolute atomic E-state index is 3.45. The number of nitrogens with zero attached hydrogens (tertiary/aromatic N) is 1. The quantitative estimate of drug-likeness (QED) is 0.835. The zero-order chi connectivity index (χ0) is 15.2. The molecule has 1 N–H and O–H groups in total. The Morgan fingerprint density at radius 2 is 1.71 bits per heavy atom. The largest absolute Gasteiger partial charge is 0.341 e. The van der Waals surface area contributed by atoms with Crippen LogP contribution < -0.4 is 10.2 Å². The van der Waals surface area contributed by atoms with Gasteiger partial charge < -0.3 is 10.2 Å². The van der Waals surface area contributed by atoms with Gasteiger partial charge in [-0.05, 0) is 56.6 Å². The number of aryl methyl sites for hydroxylation is 2. The van der Waals surface area contributed by atoms with Crippen LogP contribution in [0.3, 0.4) is 0 Å². The highest BCUT2D eigenvalue weighted by molar-refractivity contribution is 5.67. The van der Waals surface area contributed by atoms with Gasteiger partial charge in [-0.1, -0.05) is 36.8 Å². The highest BCUT2D eigenvalue weighted by Crippen LogP contribution is 2.29. The number of hydrogen-bond acceptors (Lipinski definition) is 2. The molecule has 112 valence electrons. The molecule has 0 unspecified atom stereocenters. The monoisotopic (exact) mass is 282 g/mol. The summed E-state index contributed by atoms with van der Waals surface area (Å²) in [6, 6.07) is 15.4. The molecule has 0 spiro atoms. The Bertz CT molecular complexity index is 590. The lowest BCUT2D eigenvalue weighted by Gasteiger charge is -2.27. The molecule has 0 amide bonds. The van der Waals surface area contributed by atoms with Crippen molar-refractivity contribution in [2.24, 2.45) is 0 Å². The normalized spacial score (nSPS) is 10.7. The van der Waals surface area contributed by atoms with E-state index in [-0.39, 0.29) is 0 Å². The van der Waals surface area contributed by atoms with E-state index in [2.05, 4.69) is 80.4 Å². The highest BCUT2D eigenvalue weighted by Gasteiger charge is 2.12. The molecule has 2 nitrogen and oxygen atoms in total. The molecule has 0 aromatic heterocycles. The summed E-state index contributed by atoms with van der Waals surface area (Å²) in [6.45, 7) is 11.5. The zero-order valence-electron chi connectivity index (χ0n) is 13.6. The zero-order valence-corrected chi connectivity index (χ0v) is 13.6. The number of rotatable bonds is 6. The van der Waals surface area contributed by atoms with Crippen molar-refractivity contribution < 1.29 is 0 Å². The minimum absolute atomic E-state index is 0.913. The van der Waals surface area contributed by atoms with Gasteiger partial charge in [0.25, 0.3) is 0 Å². The lowest BCUT2D eigenvalue weighted by Crippen LogP contribution is -2.20. The number of benzene rings is 2. The lowest BCUT2D eigenvalue weighted by atomic mass is 10.1. The summed E-state index contributed by atoms with van der Waals surface area (Å²) in [5, 5.41) is 3.45. The second-order valence-electron chi connectivity index (χ2n) is 5.50. The summed E-state index contributed by atoms with van der Waals surface area (Å²) in [5.74, 6) is 0. The van der Waals surface area contributed by atoms with Gasteiger partial charge in [-0.15, -0.1) is 0 Å². The highest BCUT2D eigenvalue weighted by atomic mass is 15.1. The molecule has 0 heterocycles. The van der Waals surface area contributed by atoms with Crippen LogP contribution in [0.5, 0.6) is 0 Å². The first-order valence-corrected chi connectivity index (χ1v) is 7.80.